The number of carbonyl (C=O) groups excluding carboxylic acids is 1. The van der Waals surface area contributed by atoms with Gasteiger partial charge in [0.05, 0.1) is 30.2 Å². The van der Waals surface area contributed by atoms with E-state index in [0.29, 0.717) is 43.5 Å². The van der Waals surface area contributed by atoms with Crippen molar-refractivity contribution in [2.24, 2.45) is 0 Å². The second kappa shape index (κ2) is 9.13. The van der Waals surface area contributed by atoms with E-state index < -0.39 is 6.43 Å². The van der Waals surface area contributed by atoms with Crippen LogP contribution in [-0.2, 0) is 22.5 Å². The largest absolute Gasteiger partial charge is 0.381 e. The van der Waals surface area contributed by atoms with Crippen molar-refractivity contribution in [2.45, 2.75) is 65.0 Å². The predicted octanol–water partition coefficient (Wildman–Crippen LogP) is 4.36. The Bertz CT molecular complexity index is 985. The first-order valence-corrected chi connectivity index (χ1v) is 11.2. The summed E-state index contributed by atoms with van der Waals surface area (Å²) in [6, 6.07) is 1.75. The maximum atomic E-state index is 13.8. The smallest absolute Gasteiger partial charge is 0.265 e. The van der Waals surface area contributed by atoms with Crippen molar-refractivity contribution in [1.82, 2.24) is 19.7 Å². The van der Waals surface area contributed by atoms with E-state index in [1.165, 1.54) is 6.07 Å². The number of hydrogen-bond acceptors (Lipinski definition) is 5. The molecular weight excluding hydrogens is 416 g/mol. The van der Waals surface area contributed by atoms with E-state index >= 15 is 0 Å². The first-order chi connectivity index (χ1) is 15.3. The Morgan fingerprint density at radius 2 is 2.00 bits per heavy atom. The van der Waals surface area contributed by atoms with Gasteiger partial charge in [0.25, 0.3) is 6.43 Å². The summed E-state index contributed by atoms with van der Waals surface area (Å²) >= 11 is 0. The van der Waals surface area contributed by atoms with Gasteiger partial charge in [0.2, 0.25) is 5.91 Å². The maximum Gasteiger partial charge on any atom is 0.265 e. The number of nitrogens with zero attached hydrogens (tertiary/aromatic N) is 5. The average Bonchev–Trinajstić information content (AvgIpc) is 3.17. The molecule has 0 N–H and O–H groups in total. The van der Waals surface area contributed by atoms with Gasteiger partial charge in [0, 0.05) is 57.0 Å². The zero-order valence-electron chi connectivity index (χ0n) is 19.1. The minimum Gasteiger partial charge on any atom is -0.381 e. The molecule has 174 valence electrons. The number of amides is 1. The second-order valence-electron chi connectivity index (χ2n) is 8.91. The van der Waals surface area contributed by atoms with Crippen LogP contribution in [0.2, 0.25) is 0 Å². The molecule has 2 aliphatic rings. The standard InChI is InChI=1S/C23H31F2N5O2/c1-14(2)21-18(22(24)25)11-17(12-26-21)28(4)23-19-13-29(15(3)31)8-5-20(19)30(27-23)16-6-9-32-10-7-16/h11-12,14,16,22H,5-10,13H2,1-4H3. The number of alkyl halides is 2. The van der Waals surface area contributed by atoms with Crippen LogP contribution in [0.4, 0.5) is 20.3 Å². The fraction of sp³-hybridized carbons (Fsp3) is 0.609. The zero-order chi connectivity index (χ0) is 23.0. The molecule has 0 aromatic carbocycles. The molecule has 0 saturated carbocycles. The van der Waals surface area contributed by atoms with Crippen LogP contribution in [0.3, 0.4) is 0 Å². The van der Waals surface area contributed by atoms with Gasteiger partial charge < -0.3 is 14.5 Å². The molecule has 0 bridgehead atoms. The minimum atomic E-state index is -2.60. The lowest BCUT2D eigenvalue weighted by Gasteiger charge is -2.29. The number of rotatable bonds is 5. The molecule has 9 heteroatoms. The normalized spacial score (nSPS) is 17.2. The molecule has 2 aromatic rings. The minimum absolute atomic E-state index is 0.0195. The van der Waals surface area contributed by atoms with E-state index in [-0.39, 0.29) is 23.4 Å². The Kier molecular flexibility index (Phi) is 6.46. The lowest BCUT2D eigenvalue weighted by atomic mass is 10.0. The number of halogens is 2. The molecule has 0 atom stereocenters. The molecular formula is C23H31F2N5O2. The highest BCUT2D eigenvalue weighted by atomic mass is 19.3. The number of hydrogen-bond donors (Lipinski definition) is 0. The summed E-state index contributed by atoms with van der Waals surface area (Å²) in [5.74, 6) is 0.616. The SMILES string of the molecule is CC(=O)N1CCc2c(c(N(C)c3cnc(C(C)C)c(C(F)F)c3)nn2C2CCOCC2)C1. The molecule has 2 aliphatic heterocycles. The van der Waals surface area contributed by atoms with Gasteiger partial charge in [-0.05, 0) is 24.8 Å². The molecule has 0 unspecified atom stereocenters. The molecule has 1 fully saturated rings. The molecule has 4 heterocycles. The van der Waals surface area contributed by atoms with E-state index in [0.717, 1.165) is 30.5 Å². The van der Waals surface area contributed by atoms with E-state index in [1.807, 2.05) is 25.8 Å². The van der Waals surface area contributed by atoms with Gasteiger partial charge >= 0.3 is 0 Å². The zero-order valence-corrected chi connectivity index (χ0v) is 19.1. The Hall–Kier alpha value is -2.55. The first-order valence-electron chi connectivity index (χ1n) is 11.2. The summed E-state index contributed by atoms with van der Waals surface area (Å²) in [7, 11) is 1.82. The van der Waals surface area contributed by atoms with Crippen LogP contribution in [0.5, 0.6) is 0 Å². The van der Waals surface area contributed by atoms with Crippen molar-refractivity contribution >= 4 is 17.4 Å². The average molecular weight is 448 g/mol. The van der Waals surface area contributed by atoms with Crippen LogP contribution >= 0.6 is 0 Å². The summed E-state index contributed by atoms with van der Waals surface area (Å²) < 4.78 is 35.1. The summed E-state index contributed by atoms with van der Waals surface area (Å²) in [6.07, 6.45) is 1.52. The number of fused-ring (bicyclic) bond motifs is 1. The van der Waals surface area contributed by atoms with Crippen LogP contribution in [-0.4, -0.2) is 52.4 Å². The van der Waals surface area contributed by atoms with Crippen molar-refractivity contribution in [3.05, 3.63) is 34.8 Å². The summed E-state index contributed by atoms with van der Waals surface area (Å²) in [5, 5.41) is 4.95. The molecule has 1 saturated heterocycles. The van der Waals surface area contributed by atoms with Crippen LogP contribution in [0.15, 0.2) is 12.3 Å². The highest BCUT2D eigenvalue weighted by Gasteiger charge is 2.31. The Balaban J connectivity index is 1.76. The highest BCUT2D eigenvalue weighted by molar-refractivity contribution is 5.74. The molecule has 7 nitrogen and oxygen atoms in total. The number of ether oxygens (including phenoxy) is 1. The van der Waals surface area contributed by atoms with Gasteiger partial charge in [0.1, 0.15) is 0 Å². The summed E-state index contributed by atoms with van der Waals surface area (Å²) in [5.41, 5.74) is 3.02. The van der Waals surface area contributed by atoms with Crippen LogP contribution in [0, 0.1) is 0 Å². The van der Waals surface area contributed by atoms with Gasteiger partial charge in [-0.25, -0.2) is 8.78 Å². The quantitative estimate of drug-likeness (QED) is 0.681. The number of anilines is 2. The van der Waals surface area contributed by atoms with E-state index in [2.05, 4.69) is 9.67 Å². The van der Waals surface area contributed by atoms with Crippen molar-refractivity contribution in [1.29, 1.82) is 0 Å². The third-order valence-electron chi connectivity index (χ3n) is 6.47. The van der Waals surface area contributed by atoms with E-state index in [1.54, 1.807) is 18.0 Å². The van der Waals surface area contributed by atoms with Gasteiger partial charge in [-0.2, -0.15) is 5.10 Å². The Labute approximate surface area is 187 Å². The lowest BCUT2D eigenvalue weighted by molar-refractivity contribution is -0.129. The van der Waals surface area contributed by atoms with Crippen molar-refractivity contribution in [3.63, 3.8) is 0 Å². The van der Waals surface area contributed by atoms with Gasteiger partial charge in [0.15, 0.2) is 5.82 Å². The highest BCUT2D eigenvalue weighted by Crippen LogP contribution is 2.37. The molecule has 2 aromatic heterocycles. The van der Waals surface area contributed by atoms with Crippen molar-refractivity contribution in [2.75, 3.05) is 31.7 Å². The van der Waals surface area contributed by atoms with Crippen molar-refractivity contribution < 1.29 is 18.3 Å². The van der Waals surface area contributed by atoms with Gasteiger partial charge in [-0.3, -0.25) is 14.5 Å². The van der Waals surface area contributed by atoms with Crippen molar-refractivity contribution in [3.8, 4) is 0 Å². The van der Waals surface area contributed by atoms with Crippen LogP contribution in [0.1, 0.15) is 74.5 Å². The van der Waals surface area contributed by atoms with Crippen LogP contribution in [0.25, 0.3) is 0 Å². The third-order valence-corrected chi connectivity index (χ3v) is 6.47. The Morgan fingerprint density at radius 3 is 2.62 bits per heavy atom. The third kappa shape index (κ3) is 4.22. The van der Waals surface area contributed by atoms with Gasteiger partial charge in [-0.15, -0.1) is 0 Å². The maximum absolute atomic E-state index is 13.8. The Morgan fingerprint density at radius 1 is 1.28 bits per heavy atom. The number of pyridine rings is 1. The number of aromatic nitrogens is 3. The topological polar surface area (TPSA) is 63.5 Å². The molecule has 0 aliphatic carbocycles. The monoisotopic (exact) mass is 447 g/mol. The summed E-state index contributed by atoms with van der Waals surface area (Å²) in [6.45, 7) is 7.80. The predicted molar refractivity (Wildman–Crippen MR) is 117 cm³/mol. The molecule has 1 amide bonds. The van der Waals surface area contributed by atoms with Gasteiger partial charge in [-0.1, -0.05) is 13.8 Å². The van der Waals surface area contributed by atoms with E-state index in [9.17, 15) is 13.6 Å². The lowest BCUT2D eigenvalue weighted by Crippen LogP contribution is -2.35. The fourth-order valence-corrected chi connectivity index (χ4v) is 4.64. The number of carbonyl (C=O) groups is 1. The van der Waals surface area contributed by atoms with E-state index in [4.69, 9.17) is 9.84 Å². The fourth-order valence-electron chi connectivity index (χ4n) is 4.64. The second-order valence-corrected chi connectivity index (χ2v) is 8.91. The molecule has 4 rings (SSSR count). The molecule has 0 spiro atoms. The van der Waals surface area contributed by atoms with Crippen LogP contribution < -0.4 is 4.90 Å². The first kappa shape index (κ1) is 22.6. The molecule has 0 radical (unpaired) electrons. The molecule has 32 heavy (non-hydrogen) atoms. The summed E-state index contributed by atoms with van der Waals surface area (Å²) in [4.78, 5) is 20.1.